The molecule has 0 unspecified atom stereocenters. The third kappa shape index (κ3) is 1.43. The summed E-state index contributed by atoms with van der Waals surface area (Å²) in [6.45, 7) is 0. The molecule has 1 heterocycles. The summed E-state index contributed by atoms with van der Waals surface area (Å²) < 4.78 is 0. The van der Waals surface area contributed by atoms with Crippen LogP contribution in [0.25, 0.3) is 0 Å². The molecule has 6 heavy (non-hydrogen) atoms. The molecule has 0 fully saturated rings. The quantitative estimate of drug-likeness (QED) is 0.401. The molecular weight excluding hydrogens is 116 g/mol. The van der Waals surface area contributed by atoms with Crippen molar-refractivity contribution in [1.82, 2.24) is 0 Å². The van der Waals surface area contributed by atoms with Gasteiger partial charge in [0.05, 0.1) is 0 Å². The van der Waals surface area contributed by atoms with E-state index >= 15 is 0 Å². The third-order valence-corrected chi connectivity index (χ3v) is 1.05. The fourth-order valence-corrected chi connectivity index (χ4v) is 0.680. The molecule has 0 aromatic carbocycles. The van der Waals surface area contributed by atoms with Gasteiger partial charge in [-0.05, 0) is 10.8 Å². The minimum Gasteiger partial charge on any atom is -1.00 e. The first kappa shape index (κ1) is 5.99. The van der Waals surface area contributed by atoms with Crippen LogP contribution in [-0.4, -0.2) is 0 Å². The van der Waals surface area contributed by atoms with E-state index in [1.807, 2.05) is 22.9 Å². The van der Waals surface area contributed by atoms with Crippen LogP contribution in [0.2, 0.25) is 0 Å². The number of thiophene rings is 1. The van der Waals surface area contributed by atoms with Crippen molar-refractivity contribution in [1.29, 1.82) is 0 Å². The maximum atomic E-state index is 2.04. The van der Waals surface area contributed by atoms with Crippen molar-refractivity contribution in [3.63, 3.8) is 0 Å². The zero-order valence-electron chi connectivity index (χ0n) is 3.10. The molecule has 0 aliphatic rings. The molecule has 0 atom stereocenters. The molecule has 1 aromatic heterocycles. The first-order chi connectivity index (χ1) is 2.50. The van der Waals surface area contributed by atoms with Crippen molar-refractivity contribution >= 4 is 11.3 Å². The lowest BCUT2D eigenvalue weighted by atomic mass is 10.7. The van der Waals surface area contributed by atoms with Gasteiger partial charge < -0.3 is 12.4 Å². The number of hydrogen-bond donors (Lipinski definition) is 0. The summed E-state index contributed by atoms with van der Waals surface area (Å²) in [7, 11) is 0. The van der Waals surface area contributed by atoms with Crippen LogP contribution in [0, 0.1) is 0 Å². The molecule has 1 aromatic rings. The number of halogens is 1. The molecule has 2 heteroatoms. The Labute approximate surface area is 47.2 Å². The molecule has 0 radical (unpaired) electrons. The largest absolute Gasteiger partial charge is 1.00 e. The molecule has 34 valence electrons. The lowest BCUT2D eigenvalue weighted by molar-refractivity contribution is -0.000000940. The first-order valence-electron chi connectivity index (χ1n) is 1.47. The van der Waals surface area contributed by atoms with Gasteiger partial charge in [-0.25, -0.2) is 0 Å². The highest BCUT2D eigenvalue weighted by molar-refractivity contribution is 7.07. The molecule has 0 aliphatic carbocycles. The maximum Gasteiger partial charge on any atom is -0.00934 e. The number of hydrogen-bond acceptors (Lipinski definition) is 1. The van der Waals surface area contributed by atoms with Crippen LogP contribution < -0.4 is 12.4 Å². The Hall–Kier alpha value is -0.0100. The van der Waals surface area contributed by atoms with Gasteiger partial charge in [-0.3, -0.25) is 0 Å². The predicted octanol–water partition coefficient (Wildman–Crippen LogP) is -1.25. The van der Waals surface area contributed by atoms with Gasteiger partial charge in [0.15, 0.2) is 0 Å². The zero-order valence-corrected chi connectivity index (χ0v) is 4.67. The Morgan fingerprint density at radius 2 is 1.50 bits per heavy atom. The van der Waals surface area contributed by atoms with Crippen LogP contribution in [0.5, 0.6) is 0 Å². The highest BCUT2D eigenvalue weighted by atomic mass is 35.5. The summed E-state index contributed by atoms with van der Waals surface area (Å²) in [4.78, 5) is 0. The Morgan fingerprint density at radius 3 is 1.67 bits per heavy atom. The summed E-state index contributed by atoms with van der Waals surface area (Å²) in [5.41, 5.74) is 0. The fourth-order valence-electron chi connectivity index (χ4n) is 0.227. The smallest absolute Gasteiger partial charge is 0.00934 e. The topological polar surface area (TPSA) is 0 Å². The lowest BCUT2D eigenvalue weighted by Crippen LogP contribution is -3.00. The van der Waals surface area contributed by atoms with E-state index in [1.54, 1.807) is 11.3 Å². The Balaban J connectivity index is 0.000000250. The zero-order chi connectivity index (χ0) is 3.54. The van der Waals surface area contributed by atoms with E-state index < -0.39 is 0 Å². The second kappa shape index (κ2) is 3.19. The summed E-state index contributed by atoms with van der Waals surface area (Å²) in [6.07, 6.45) is 0. The van der Waals surface area contributed by atoms with Gasteiger partial charge in [0.25, 0.3) is 0 Å². The lowest BCUT2D eigenvalue weighted by Gasteiger charge is -1.39. The summed E-state index contributed by atoms with van der Waals surface area (Å²) in [5, 5.41) is 4.08. The van der Waals surface area contributed by atoms with Crippen LogP contribution in [0.1, 0.15) is 0 Å². The molecule has 0 bridgehead atoms. The van der Waals surface area contributed by atoms with Gasteiger partial charge in [-0.1, -0.05) is 12.1 Å². The van der Waals surface area contributed by atoms with Crippen LogP contribution in [0.15, 0.2) is 22.9 Å². The van der Waals surface area contributed by atoms with E-state index in [-0.39, 0.29) is 12.4 Å². The van der Waals surface area contributed by atoms with Gasteiger partial charge in [0, 0.05) is 0 Å². The highest BCUT2D eigenvalue weighted by Crippen LogP contribution is 1.91. The number of rotatable bonds is 0. The molecular formula is C4H4ClS-. The van der Waals surface area contributed by atoms with Gasteiger partial charge in [0.1, 0.15) is 0 Å². The SMILES string of the molecule is [Cl-].c1ccsc1. The average molecular weight is 120 g/mol. The molecule has 0 saturated carbocycles. The minimum absolute atomic E-state index is 0. The van der Waals surface area contributed by atoms with E-state index in [1.165, 1.54) is 0 Å². The monoisotopic (exact) mass is 119 g/mol. The van der Waals surface area contributed by atoms with Crippen molar-refractivity contribution < 1.29 is 12.4 Å². The minimum atomic E-state index is 0. The average Bonchev–Trinajstić information content (AvgIpc) is 1.76. The maximum absolute atomic E-state index is 2.04. The van der Waals surface area contributed by atoms with Crippen molar-refractivity contribution in [2.45, 2.75) is 0 Å². The van der Waals surface area contributed by atoms with E-state index in [2.05, 4.69) is 0 Å². The highest BCUT2D eigenvalue weighted by Gasteiger charge is 1.58. The predicted molar refractivity (Wildman–Crippen MR) is 24.3 cm³/mol. The molecule has 0 aliphatic heterocycles. The second-order valence-corrected chi connectivity index (χ2v) is 1.61. The fraction of sp³-hybridized carbons (Fsp3) is 0. The van der Waals surface area contributed by atoms with E-state index in [0.29, 0.717) is 0 Å². The van der Waals surface area contributed by atoms with E-state index in [4.69, 9.17) is 0 Å². The molecule has 1 rings (SSSR count). The van der Waals surface area contributed by atoms with Gasteiger partial charge >= 0.3 is 0 Å². The van der Waals surface area contributed by atoms with Gasteiger partial charge in [-0.2, -0.15) is 11.3 Å². The standard InChI is InChI=1S/C4H4S.ClH/c1-2-4-5-3-1;/h1-4H;1H/p-1. The van der Waals surface area contributed by atoms with Crippen LogP contribution in [-0.2, 0) is 0 Å². The van der Waals surface area contributed by atoms with Crippen LogP contribution in [0.3, 0.4) is 0 Å². The summed E-state index contributed by atoms with van der Waals surface area (Å²) in [6, 6.07) is 4.04. The molecule has 0 saturated heterocycles. The Morgan fingerprint density at radius 1 is 1.00 bits per heavy atom. The van der Waals surface area contributed by atoms with Crippen molar-refractivity contribution in [3.8, 4) is 0 Å². The molecule has 0 N–H and O–H groups in total. The molecule has 0 spiro atoms. The Kier molecular flexibility index (Phi) is 3.19. The first-order valence-corrected chi connectivity index (χ1v) is 2.41. The molecule has 0 nitrogen and oxygen atoms in total. The van der Waals surface area contributed by atoms with Gasteiger partial charge in [0.2, 0.25) is 0 Å². The van der Waals surface area contributed by atoms with E-state index in [0.717, 1.165) is 0 Å². The van der Waals surface area contributed by atoms with E-state index in [9.17, 15) is 0 Å². The molecule has 0 amide bonds. The van der Waals surface area contributed by atoms with Crippen molar-refractivity contribution in [3.05, 3.63) is 22.9 Å². The summed E-state index contributed by atoms with van der Waals surface area (Å²) in [5.74, 6) is 0. The van der Waals surface area contributed by atoms with Crippen LogP contribution >= 0.6 is 11.3 Å². The van der Waals surface area contributed by atoms with Crippen LogP contribution in [0.4, 0.5) is 0 Å². The Bertz CT molecular complexity index is 64.0. The van der Waals surface area contributed by atoms with Gasteiger partial charge in [-0.15, -0.1) is 0 Å². The normalized spacial score (nSPS) is 6.67. The second-order valence-electron chi connectivity index (χ2n) is 0.793. The van der Waals surface area contributed by atoms with Crippen molar-refractivity contribution in [2.24, 2.45) is 0 Å². The summed E-state index contributed by atoms with van der Waals surface area (Å²) >= 11 is 1.71. The third-order valence-electron chi connectivity index (χ3n) is 0.425. The van der Waals surface area contributed by atoms with Crippen molar-refractivity contribution in [2.75, 3.05) is 0 Å².